The molecule has 0 bridgehead atoms. The van der Waals surface area contributed by atoms with Crippen molar-refractivity contribution in [2.24, 2.45) is 0 Å². The predicted octanol–water partition coefficient (Wildman–Crippen LogP) is 4.33. The number of hydrogen-bond donors (Lipinski definition) is 0. The highest BCUT2D eigenvalue weighted by Crippen LogP contribution is 2.38. The van der Waals surface area contributed by atoms with Gasteiger partial charge < -0.3 is 23.7 Å². The molecular weight excluding hydrogens is 400 g/mol. The van der Waals surface area contributed by atoms with E-state index in [1.54, 1.807) is 63.2 Å². The second kappa shape index (κ2) is 10.5. The van der Waals surface area contributed by atoms with Crippen LogP contribution in [0.4, 0.5) is 0 Å². The number of rotatable bonds is 9. The fraction of sp³-hybridized carbons (Fsp3) is 0.333. The average Bonchev–Trinajstić information content (AvgIpc) is 2.74. The van der Waals surface area contributed by atoms with E-state index in [1.165, 1.54) is 27.4 Å². The summed E-state index contributed by atoms with van der Waals surface area (Å²) in [6, 6.07) is 10.0. The largest absolute Gasteiger partial charge is 0.496 e. The summed E-state index contributed by atoms with van der Waals surface area (Å²) in [6.45, 7) is 5.09. The Balaban J connectivity index is 2.17. The van der Waals surface area contributed by atoms with Gasteiger partial charge in [-0.25, -0.2) is 4.79 Å². The molecule has 0 aliphatic heterocycles. The van der Waals surface area contributed by atoms with E-state index in [0.717, 1.165) is 0 Å². The number of ketones is 1. The van der Waals surface area contributed by atoms with Crippen LogP contribution in [0, 0.1) is 0 Å². The van der Waals surface area contributed by atoms with Crippen molar-refractivity contribution in [2.75, 3.05) is 27.9 Å². The molecule has 0 heterocycles. The van der Waals surface area contributed by atoms with Crippen LogP contribution in [-0.2, 0) is 9.53 Å². The first kappa shape index (κ1) is 23.8. The number of methoxy groups -OCH3 is 3. The summed E-state index contributed by atoms with van der Waals surface area (Å²) in [5, 5.41) is 0. The van der Waals surface area contributed by atoms with Gasteiger partial charge in [0, 0.05) is 5.56 Å². The molecule has 31 heavy (non-hydrogen) atoms. The molecule has 0 N–H and O–H groups in total. The quantitative estimate of drug-likeness (QED) is 0.334. The highest BCUT2D eigenvalue weighted by Gasteiger charge is 2.17. The zero-order valence-electron chi connectivity index (χ0n) is 18.7. The molecule has 166 valence electrons. The second-order valence-electron chi connectivity index (χ2n) is 7.52. The van der Waals surface area contributed by atoms with E-state index in [9.17, 15) is 9.59 Å². The van der Waals surface area contributed by atoms with Crippen molar-refractivity contribution in [3.63, 3.8) is 0 Å². The predicted molar refractivity (Wildman–Crippen MR) is 117 cm³/mol. The Morgan fingerprint density at radius 2 is 1.61 bits per heavy atom. The maximum atomic E-state index is 12.7. The summed E-state index contributed by atoms with van der Waals surface area (Å²) in [4.78, 5) is 24.5. The molecule has 0 saturated carbocycles. The van der Waals surface area contributed by atoms with Crippen molar-refractivity contribution in [1.82, 2.24) is 0 Å². The van der Waals surface area contributed by atoms with Gasteiger partial charge in [-0.2, -0.15) is 0 Å². The lowest BCUT2D eigenvalue weighted by Crippen LogP contribution is -2.27. The third kappa shape index (κ3) is 6.77. The van der Waals surface area contributed by atoms with Gasteiger partial charge in [-0.1, -0.05) is 12.1 Å². The number of ether oxygens (including phenoxy) is 5. The minimum Gasteiger partial charge on any atom is -0.496 e. The Labute approximate surface area is 182 Å². The highest BCUT2D eigenvalue weighted by molar-refractivity contribution is 6.07. The molecule has 7 heteroatoms. The molecule has 0 aliphatic carbocycles. The second-order valence-corrected chi connectivity index (χ2v) is 7.52. The van der Waals surface area contributed by atoms with Crippen LogP contribution in [0.1, 0.15) is 36.7 Å². The summed E-state index contributed by atoms with van der Waals surface area (Å²) in [5.41, 5.74) is 0.388. The van der Waals surface area contributed by atoms with Gasteiger partial charge in [-0.15, -0.1) is 0 Å². The maximum Gasteiger partial charge on any atom is 0.344 e. The molecule has 0 aromatic heterocycles. The van der Waals surface area contributed by atoms with Gasteiger partial charge in [0.05, 0.1) is 26.9 Å². The lowest BCUT2D eigenvalue weighted by Gasteiger charge is -2.19. The van der Waals surface area contributed by atoms with Crippen LogP contribution in [0.15, 0.2) is 42.5 Å². The van der Waals surface area contributed by atoms with Crippen LogP contribution in [0.5, 0.6) is 23.0 Å². The Hall–Kier alpha value is -3.48. The summed E-state index contributed by atoms with van der Waals surface area (Å²) >= 11 is 0. The number of benzene rings is 2. The normalized spacial score (nSPS) is 11.2. The van der Waals surface area contributed by atoms with Crippen LogP contribution in [0.25, 0.3) is 6.08 Å². The van der Waals surface area contributed by atoms with Gasteiger partial charge in [0.15, 0.2) is 23.9 Å². The van der Waals surface area contributed by atoms with Gasteiger partial charge >= 0.3 is 5.97 Å². The molecule has 0 atom stereocenters. The third-order valence-electron chi connectivity index (χ3n) is 4.06. The van der Waals surface area contributed by atoms with E-state index in [0.29, 0.717) is 34.1 Å². The first-order valence-corrected chi connectivity index (χ1v) is 9.64. The van der Waals surface area contributed by atoms with Crippen molar-refractivity contribution >= 4 is 17.8 Å². The average molecular weight is 428 g/mol. The van der Waals surface area contributed by atoms with E-state index in [4.69, 9.17) is 23.7 Å². The van der Waals surface area contributed by atoms with Crippen molar-refractivity contribution in [3.05, 3.63) is 53.6 Å². The fourth-order valence-electron chi connectivity index (χ4n) is 2.78. The number of allylic oxidation sites excluding steroid dienone is 1. The van der Waals surface area contributed by atoms with Crippen LogP contribution in [-0.4, -0.2) is 45.3 Å². The van der Waals surface area contributed by atoms with Crippen LogP contribution in [0.2, 0.25) is 0 Å². The molecule has 2 aromatic carbocycles. The Morgan fingerprint density at radius 3 is 2.23 bits per heavy atom. The van der Waals surface area contributed by atoms with E-state index in [-0.39, 0.29) is 12.4 Å². The van der Waals surface area contributed by atoms with Crippen LogP contribution < -0.4 is 18.9 Å². The van der Waals surface area contributed by atoms with Crippen LogP contribution in [0.3, 0.4) is 0 Å². The minimum atomic E-state index is -0.592. The zero-order chi connectivity index (χ0) is 23.0. The Morgan fingerprint density at radius 1 is 0.935 bits per heavy atom. The summed E-state index contributed by atoms with van der Waals surface area (Å²) in [7, 11) is 4.58. The molecule has 0 fully saturated rings. The third-order valence-corrected chi connectivity index (χ3v) is 4.06. The number of carbonyl (C=O) groups is 2. The number of hydrogen-bond acceptors (Lipinski definition) is 7. The van der Waals surface area contributed by atoms with Gasteiger partial charge in [-0.05, 0) is 57.2 Å². The van der Waals surface area contributed by atoms with Crippen molar-refractivity contribution in [3.8, 4) is 23.0 Å². The van der Waals surface area contributed by atoms with Gasteiger partial charge in [0.2, 0.25) is 0 Å². The van der Waals surface area contributed by atoms with E-state index in [2.05, 4.69) is 0 Å². The smallest absolute Gasteiger partial charge is 0.344 e. The lowest BCUT2D eigenvalue weighted by molar-refractivity contribution is -0.157. The molecular formula is C24H28O7. The monoisotopic (exact) mass is 428 g/mol. The molecule has 0 radical (unpaired) electrons. The topological polar surface area (TPSA) is 80.3 Å². The van der Waals surface area contributed by atoms with Crippen LogP contribution >= 0.6 is 0 Å². The van der Waals surface area contributed by atoms with Gasteiger partial charge in [0.1, 0.15) is 17.1 Å². The minimum absolute atomic E-state index is 0.247. The highest BCUT2D eigenvalue weighted by atomic mass is 16.6. The summed E-state index contributed by atoms with van der Waals surface area (Å²) in [6.07, 6.45) is 3.02. The molecule has 0 unspecified atom stereocenters. The summed E-state index contributed by atoms with van der Waals surface area (Å²) < 4.78 is 26.8. The Kier molecular flexibility index (Phi) is 8.07. The van der Waals surface area contributed by atoms with Gasteiger partial charge in [-0.3, -0.25) is 4.79 Å². The van der Waals surface area contributed by atoms with E-state index < -0.39 is 11.6 Å². The lowest BCUT2D eigenvalue weighted by atomic mass is 10.1. The molecule has 0 amide bonds. The zero-order valence-corrected chi connectivity index (χ0v) is 18.7. The van der Waals surface area contributed by atoms with Crippen molar-refractivity contribution < 1.29 is 33.3 Å². The van der Waals surface area contributed by atoms with E-state index >= 15 is 0 Å². The molecule has 0 aliphatic rings. The standard InChI is InChI=1S/C24H28O7/c1-24(2,3)31-22(26)15-30-17-9-7-8-16(14-17)19(25)11-10-18-20(27-4)12-13-21(28-5)23(18)29-6/h7-14H,15H2,1-6H3/b11-10+. The Bertz CT molecular complexity index is 955. The van der Waals surface area contributed by atoms with Crippen molar-refractivity contribution in [1.29, 1.82) is 0 Å². The number of esters is 1. The molecule has 0 spiro atoms. The molecule has 7 nitrogen and oxygen atoms in total. The van der Waals surface area contributed by atoms with Gasteiger partial charge in [0.25, 0.3) is 0 Å². The molecule has 0 saturated heterocycles. The molecule has 2 aromatic rings. The maximum absolute atomic E-state index is 12.7. The van der Waals surface area contributed by atoms with E-state index in [1.807, 2.05) is 0 Å². The van der Waals surface area contributed by atoms with Crippen molar-refractivity contribution in [2.45, 2.75) is 26.4 Å². The first-order chi connectivity index (χ1) is 14.7. The SMILES string of the molecule is COc1ccc(OC)c(OC)c1/C=C/C(=O)c1cccc(OCC(=O)OC(C)(C)C)c1. The number of carbonyl (C=O) groups excluding carboxylic acids is 2. The molecule has 2 rings (SSSR count). The first-order valence-electron chi connectivity index (χ1n) is 9.64. The fourth-order valence-corrected chi connectivity index (χ4v) is 2.78. The summed E-state index contributed by atoms with van der Waals surface area (Å²) in [5.74, 6) is 1.17.